The summed E-state index contributed by atoms with van der Waals surface area (Å²) in [5, 5.41) is 8.87. The summed E-state index contributed by atoms with van der Waals surface area (Å²) in [5.41, 5.74) is 5.00. The molecule has 0 radical (unpaired) electrons. The minimum atomic E-state index is -0.919. The van der Waals surface area contributed by atoms with Crippen molar-refractivity contribution in [3.8, 4) is 11.3 Å². The Morgan fingerprint density at radius 1 is 1.12 bits per heavy atom. The molecule has 3 nitrogen and oxygen atoms in total. The number of carboxylic acid groups (broad SMARTS) is 1. The van der Waals surface area contributed by atoms with E-state index >= 15 is 0 Å². The number of hydrogen-bond acceptors (Lipinski definition) is 1. The van der Waals surface area contributed by atoms with Crippen LogP contribution in [0.4, 0.5) is 0 Å². The second-order valence-electron chi connectivity index (χ2n) is 4.43. The molecule has 1 heterocycles. The molecule has 2 N–H and O–H groups in total. The van der Waals surface area contributed by atoms with Crippen LogP contribution in [0, 0.1) is 0 Å². The molecule has 0 saturated heterocycles. The molecule has 3 heteroatoms. The Bertz CT molecular complexity index is 584. The largest absolute Gasteiger partial charge is 0.477 e. The quantitative estimate of drug-likeness (QED) is 0.828. The van der Waals surface area contributed by atoms with Crippen molar-refractivity contribution in [3.05, 3.63) is 47.2 Å². The number of rotatable bonds is 2. The van der Waals surface area contributed by atoms with Crippen LogP contribution in [0.1, 0.15) is 28.0 Å². The number of carboxylic acids is 1. The zero-order chi connectivity index (χ0) is 11.8. The molecule has 2 aromatic rings. The van der Waals surface area contributed by atoms with Crippen LogP contribution < -0.4 is 0 Å². The van der Waals surface area contributed by atoms with Crippen LogP contribution in [-0.4, -0.2) is 16.1 Å². The van der Waals surface area contributed by atoms with Gasteiger partial charge in [0.15, 0.2) is 0 Å². The highest BCUT2D eigenvalue weighted by Crippen LogP contribution is 2.27. The van der Waals surface area contributed by atoms with Crippen molar-refractivity contribution >= 4 is 5.97 Å². The molecule has 0 atom stereocenters. The van der Waals surface area contributed by atoms with Gasteiger partial charge in [0.1, 0.15) is 5.69 Å². The minimum Gasteiger partial charge on any atom is -0.477 e. The molecule has 0 saturated carbocycles. The van der Waals surface area contributed by atoms with E-state index in [9.17, 15) is 4.79 Å². The van der Waals surface area contributed by atoms with Gasteiger partial charge in [-0.1, -0.05) is 12.1 Å². The van der Waals surface area contributed by atoms with Crippen LogP contribution in [0.25, 0.3) is 11.3 Å². The molecule has 0 fully saturated rings. The molecule has 0 spiro atoms. The molecule has 17 heavy (non-hydrogen) atoms. The fraction of sp³-hybridized carbons (Fsp3) is 0.214. The molecule has 3 rings (SSSR count). The van der Waals surface area contributed by atoms with Crippen LogP contribution in [0.3, 0.4) is 0 Å². The van der Waals surface area contributed by atoms with Crippen molar-refractivity contribution in [2.45, 2.75) is 19.3 Å². The zero-order valence-electron chi connectivity index (χ0n) is 9.36. The number of fused-ring (bicyclic) bond motifs is 1. The molecule has 1 aliphatic carbocycles. The molecule has 0 bridgehead atoms. The highest BCUT2D eigenvalue weighted by atomic mass is 16.4. The fourth-order valence-corrected chi connectivity index (χ4v) is 2.43. The fourth-order valence-electron chi connectivity index (χ4n) is 2.43. The van der Waals surface area contributed by atoms with E-state index in [4.69, 9.17) is 5.11 Å². The van der Waals surface area contributed by atoms with E-state index in [0.717, 1.165) is 17.7 Å². The van der Waals surface area contributed by atoms with E-state index < -0.39 is 5.97 Å². The summed E-state index contributed by atoms with van der Waals surface area (Å²) in [6, 6.07) is 9.80. The van der Waals surface area contributed by atoms with Gasteiger partial charge in [-0.3, -0.25) is 0 Å². The SMILES string of the molecule is O=C(O)c1ccc(-c2ccc3c(c2)CCC3)[nH]1. The first kappa shape index (κ1) is 10.1. The molecule has 1 aromatic heterocycles. The lowest BCUT2D eigenvalue weighted by Crippen LogP contribution is -1.95. The van der Waals surface area contributed by atoms with Crippen LogP contribution >= 0.6 is 0 Å². The molecule has 1 aromatic carbocycles. The Balaban J connectivity index is 2.00. The number of carbonyl (C=O) groups is 1. The minimum absolute atomic E-state index is 0.237. The summed E-state index contributed by atoms with van der Waals surface area (Å²) in [4.78, 5) is 13.7. The first-order valence-corrected chi connectivity index (χ1v) is 5.78. The summed E-state index contributed by atoms with van der Waals surface area (Å²) in [6.07, 6.45) is 3.53. The number of aromatic amines is 1. The van der Waals surface area contributed by atoms with Crippen molar-refractivity contribution in [1.29, 1.82) is 0 Å². The van der Waals surface area contributed by atoms with Crippen molar-refractivity contribution < 1.29 is 9.90 Å². The summed E-state index contributed by atoms with van der Waals surface area (Å²) < 4.78 is 0. The average Bonchev–Trinajstić information content (AvgIpc) is 2.97. The van der Waals surface area contributed by atoms with Gasteiger partial charge >= 0.3 is 5.97 Å². The normalized spacial score (nSPS) is 13.6. The van der Waals surface area contributed by atoms with E-state index in [1.54, 1.807) is 6.07 Å². The van der Waals surface area contributed by atoms with Gasteiger partial charge in [-0.25, -0.2) is 4.79 Å². The average molecular weight is 227 g/mol. The number of aromatic nitrogens is 1. The Morgan fingerprint density at radius 2 is 1.94 bits per heavy atom. The molecule has 0 unspecified atom stereocenters. The van der Waals surface area contributed by atoms with Crippen LogP contribution in [0.5, 0.6) is 0 Å². The topological polar surface area (TPSA) is 53.1 Å². The highest BCUT2D eigenvalue weighted by Gasteiger charge is 2.12. The standard InChI is InChI=1S/C14H13NO2/c16-14(17)13-7-6-12(15-13)11-5-4-9-2-1-3-10(9)8-11/h4-8,15H,1-3H2,(H,16,17). The van der Waals surface area contributed by atoms with E-state index in [1.165, 1.54) is 24.0 Å². The lowest BCUT2D eigenvalue weighted by atomic mass is 10.0. The maximum absolute atomic E-state index is 10.8. The van der Waals surface area contributed by atoms with Gasteiger partial charge < -0.3 is 10.1 Å². The molecular formula is C14H13NO2. The highest BCUT2D eigenvalue weighted by molar-refractivity contribution is 5.86. The summed E-state index contributed by atoms with van der Waals surface area (Å²) in [6.45, 7) is 0. The lowest BCUT2D eigenvalue weighted by Gasteiger charge is -2.03. The second-order valence-corrected chi connectivity index (χ2v) is 4.43. The van der Waals surface area contributed by atoms with E-state index in [2.05, 4.69) is 23.2 Å². The molecule has 1 aliphatic rings. The molecule has 86 valence electrons. The summed E-state index contributed by atoms with van der Waals surface area (Å²) >= 11 is 0. The van der Waals surface area contributed by atoms with Gasteiger partial charge in [0.25, 0.3) is 0 Å². The first-order chi connectivity index (χ1) is 8.24. The van der Waals surface area contributed by atoms with Gasteiger partial charge in [-0.2, -0.15) is 0 Å². The molecule has 0 amide bonds. The van der Waals surface area contributed by atoms with Crippen molar-refractivity contribution in [3.63, 3.8) is 0 Å². The number of benzene rings is 1. The predicted octanol–water partition coefficient (Wildman–Crippen LogP) is 2.87. The van der Waals surface area contributed by atoms with Crippen LogP contribution in [0.2, 0.25) is 0 Å². The monoisotopic (exact) mass is 227 g/mol. The number of hydrogen-bond donors (Lipinski definition) is 2. The third-order valence-electron chi connectivity index (χ3n) is 3.33. The first-order valence-electron chi connectivity index (χ1n) is 5.78. The van der Waals surface area contributed by atoms with Crippen LogP contribution in [-0.2, 0) is 12.8 Å². The lowest BCUT2D eigenvalue weighted by molar-refractivity contribution is 0.0691. The van der Waals surface area contributed by atoms with Gasteiger partial charge in [-0.15, -0.1) is 0 Å². The van der Waals surface area contributed by atoms with Crippen molar-refractivity contribution in [2.75, 3.05) is 0 Å². The Morgan fingerprint density at radius 3 is 2.71 bits per heavy atom. The van der Waals surface area contributed by atoms with E-state index in [0.29, 0.717) is 0 Å². The van der Waals surface area contributed by atoms with Crippen LogP contribution in [0.15, 0.2) is 30.3 Å². The maximum atomic E-state index is 10.8. The maximum Gasteiger partial charge on any atom is 0.352 e. The predicted molar refractivity (Wildman–Crippen MR) is 65.2 cm³/mol. The Kier molecular flexibility index (Phi) is 2.25. The van der Waals surface area contributed by atoms with Crippen molar-refractivity contribution in [2.24, 2.45) is 0 Å². The van der Waals surface area contributed by atoms with E-state index in [1.807, 2.05) is 6.07 Å². The van der Waals surface area contributed by atoms with Gasteiger partial charge in [-0.05, 0) is 54.2 Å². The third-order valence-corrected chi connectivity index (χ3v) is 3.33. The smallest absolute Gasteiger partial charge is 0.352 e. The van der Waals surface area contributed by atoms with E-state index in [-0.39, 0.29) is 5.69 Å². The zero-order valence-corrected chi connectivity index (χ0v) is 9.36. The summed E-state index contributed by atoms with van der Waals surface area (Å²) in [5.74, 6) is -0.919. The third kappa shape index (κ3) is 1.73. The molecular weight excluding hydrogens is 214 g/mol. The van der Waals surface area contributed by atoms with Crippen molar-refractivity contribution in [1.82, 2.24) is 4.98 Å². The van der Waals surface area contributed by atoms with Gasteiger partial charge in [0.2, 0.25) is 0 Å². The Labute approximate surface area is 99.1 Å². The Hall–Kier alpha value is -2.03. The summed E-state index contributed by atoms with van der Waals surface area (Å²) in [7, 11) is 0. The van der Waals surface area contributed by atoms with Gasteiger partial charge in [0.05, 0.1) is 0 Å². The number of aromatic carboxylic acids is 1. The number of H-pyrrole nitrogens is 1. The number of nitrogens with one attached hydrogen (secondary N) is 1. The molecule has 0 aliphatic heterocycles. The number of aryl methyl sites for hydroxylation is 2. The van der Waals surface area contributed by atoms with Gasteiger partial charge in [0, 0.05) is 5.69 Å². The second kappa shape index (κ2) is 3.77.